The van der Waals surface area contributed by atoms with Crippen LogP contribution >= 0.6 is 0 Å². The summed E-state index contributed by atoms with van der Waals surface area (Å²) >= 11 is 0. The van der Waals surface area contributed by atoms with Gasteiger partial charge in [-0.25, -0.2) is 0 Å². The second kappa shape index (κ2) is 6.38. The fourth-order valence-electron chi connectivity index (χ4n) is 0.853. The van der Waals surface area contributed by atoms with Gasteiger partial charge < -0.3 is 9.53 Å². The summed E-state index contributed by atoms with van der Waals surface area (Å²) in [6.07, 6.45) is 4.03. The van der Waals surface area contributed by atoms with Gasteiger partial charge >= 0.3 is 5.97 Å². The van der Waals surface area contributed by atoms with Gasteiger partial charge in [0.25, 0.3) is 0 Å². The molecule has 0 amide bonds. The summed E-state index contributed by atoms with van der Waals surface area (Å²) in [7, 11) is 0. The Bertz CT molecular complexity index is 246. The fourth-order valence-corrected chi connectivity index (χ4v) is 0.853. The van der Waals surface area contributed by atoms with Gasteiger partial charge in [-0.1, -0.05) is 6.08 Å². The first-order valence-electron chi connectivity index (χ1n) is 5.14. The van der Waals surface area contributed by atoms with E-state index >= 15 is 0 Å². The number of carbonyl (C=O) groups is 2. The van der Waals surface area contributed by atoms with Crippen LogP contribution in [0.2, 0.25) is 0 Å². The minimum atomic E-state index is -0.455. The molecule has 0 aromatic carbocycles. The molecule has 0 spiro atoms. The maximum Gasteiger partial charge on any atom is 0.311 e. The molecule has 0 fully saturated rings. The van der Waals surface area contributed by atoms with Crippen molar-refractivity contribution in [2.24, 2.45) is 5.41 Å². The molecule has 0 aliphatic rings. The molecule has 0 saturated carbocycles. The summed E-state index contributed by atoms with van der Waals surface area (Å²) < 4.78 is 5.10. The maximum atomic E-state index is 11.4. The zero-order valence-electron chi connectivity index (χ0n) is 10.0. The largest absolute Gasteiger partial charge is 0.461 e. The molecule has 0 unspecified atom stereocenters. The van der Waals surface area contributed by atoms with Gasteiger partial charge in [0, 0.05) is 6.42 Å². The van der Waals surface area contributed by atoms with E-state index in [1.54, 1.807) is 0 Å². The lowest BCUT2D eigenvalue weighted by Gasteiger charge is -2.16. The Hall–Kier alpha value is -1.12. The number of ether oxygens (including phenoxy) is 1. The first kappa shape index (κ1) is 13.9. The second-order valence-corrected chi connectivity index (χ2v) is 4.62. The summed E-state index contributed by atoms with van der Waals surface area (Å²) in [6, 6.07) is 0. The van der Waals surface area contributed by atoms with Crippen LogP contribution in [0.1, 0.15) is 40.5 Å². The highest BCUT2D eigenvalue weighted by molar-refractivity contribution is 5.75. The van der Waals surface area contributed by atoms with Crippen LogP contribution in [0.4, 0.5) is 0 Å². The summed E-state index contributed by atoms with van der Waals surface area (Å²) in [6.45, 7) is 7.66. The number of allylic oxidation sites excluding steroid dienone is 1. The Morgan fingerprint density at radius 1 is 1.27 bits per heavy atom. The van der Waals surface area contributed by atoms with Crippen LogP contribution in [0, 0.1) is 5.41 Å². The Morgan fingerprint density at radius 3 is 2.33 bits per heavy atom. The van der Waals surface area contributed by atoms with Crippen molar-refractivity contribution in [1.82, 2.24) is 0 Å². The molecule has 0 bridgehead atoms. The van der Waals surface area contributed by atoms with Gasteiger partial charge in [0.05, 0.1) is 5.41 Å². The molecular formula is C12H20O3. The maximum absolute atomic E-state index is 11.4. The summed E-state index contributed by atoms with van der Waals surface area (Å²) in [4.78, 5) is 21.5. The van der Waals surface area contributed by atoms with Crippen LogP contribution in [-0.2, 0) is 14.3 Å². The lowest BCUT2D eigenvalue weighted by atomic mass is 9.97. The zero-order chi connectivity index (χ0) is 11.9. The summed E-state index contributed by atoms with van der Waals surface area (Å²) in [5.41, 5.74) is 0.526. The number of aldehydes is 1. The normalized spacial score (nSPS) is 12.4. The van der Waals surface area contributed by atoms with Crippen molar-refractivity contribution in [3.63, 3.8) is 0 Å². The molecule has 0 radical (unpaired) electrons. The quantitative estimate of drug-likeness (QED) is 0.304. The van der Waals surface area contributed by atoms with Gasteiger partial charge in [-0.15, -0.1) is 0 Å². The molecule has 0 aromatic rings. The number of hydrogen-bond donors (Lipinski definition) is 0. The van der Waals surface area contributed by atoms with Gasteiger partial charge in [0.15, 0.2) is 0 Å². The first-order valence-corrected chi connectivity index (χ1v) is 5.14. The van der Waals surface area contributed by atoms with E-state index in [9.17, 15) is 9.59 Å². The third-order valence-electron chi connectivity index (χ3n) is 1.82. The van der Waals surface area contributed by atoms with Crippen LogP contribution in [-0.4, -0.2) is 18.9 Å². The Balaban J connectivity index is 3.90. The minimum absolute atomic E-state index is 0.203. The number of carbonyl (C=O) groups excluding carboxylic acids is 2. The van der Waals surface area contributed by atoms with Gasteiger partial charge in [-0.05, 0) is 39.7 Å². The molecule has 0 aromatic heterocycles. The van der Waals surface area contributed by atoms with E-state index in [2.05, 4.69) is 0 Å². The lowest BCUT2D eigenvalue weighted by molar-refractivity contribution is -0.151. The van der Waals surface area contributed by atoms with Gasteiger partial charge in [0.1, 0.15) is 12.9 Å². The van der Waals surface area contributed by atoms with E-state index in [0.29, 0.717) is 19.4 Å². The van der Waals surface area contributed by atoms with E-state index in [4.69, 9.17) is 4.74 Å². The number of rotatable bonds is 5. The standard InChI is InChI=1S/C12H20O3/c1-10(7-5-6-8-13)9-15-11(14)12(2,3)4/h7-8H,5-6,9H2,1-4H3/b10-7+. The third kappa shape index (κ3) is 6.89. The predicted octanol–water partition coefficient (Wildman–Crippen LogP) is 2.50. The fraction of sp³-hybridized carbons (Fsp3) is 0.667. The molecule has 0 heterocycles. The summed E-state index contributed by atoms with van der Waals surface area (Å²) in [5, 5.41) is 0. The molecule has 0 atom stereocenters. The van der Waals surface area contributed by atoms with E-state index < -0.39 is 5.41 Å². The third-order valence-corrected chi connectivity index (χ3v) is 1.82. The number of unbranched alkanes of at least 4 members (excludes halogenated alkanes) is 1. The molecule has 3 nitrogen and oxygen atoms in total. The van der Waals surface area contributed by atoms with Crippen LogP contribution in [0.3, 0.4) is 0 Å². The Morgan fingerprint density at radius 2 is 1.87 bits per heavy atom. The number of esters is 1. The highest BCUT2D eigenvalue weighted by Gasteiger charge is 2.22. The van der Waals surface area contributed by atoms with Gasteiger partial charge in [0.2, 0.25) is 0 Å². The highest BCUT2D eigenvalue weighted by Crippen LogP contribution is 2.15. The average molecular weight is 212 g/mol. The van der Waals surface area contributed by atoms with E-state index in [-0.39, 0.29) is 5.97 Å². The Kier molecular flexibility index (Phi) is 5.90. The minimum Gasteiger partial charge on any atom is -0.461 e. The van der Waals surface area contributed by atoms with Crippen molar-refractivity contribution in [2.45, 2.75) is 40.5 Å². The van der Waals surface area contributed by atoms with Crippen molar-refractivity contribution >= 4 is 12.3 Å². The zero-order valence-corrected chi connectivity index (χ0v) is 10.0. The highest BCUT2D eigenvalue weighted by atomic mass is 16.5. The molecular weight excluding hydrogens is 192 g/mol. The second-order valence-electron chi connectivity index (χ2n) is 4.62. The predicted molar refractivity (Wildman–Crippen MR) is 59.5 cm³/mol. The molecule has 15 heavy (non-hydrogen) atoms. The smallest absolute Gasteiger partial charge is 0.311 e. The monoisotopic (exact) mass is 212 g/mol. The van der Waals surface area contributed by atoms with Crippen molar-refractivity contribution in [3.05, 3.63) is 11.6 Å². The molecule has 0 rings (SSSR count). The lowest BCUT2D eigenvalue weighted by Crippen LogP contribution is -2.23. The van der Waals surface area contributed by atoms with Crippen LogP contribution in [0.5, 0.6) is 0 Å². The van der Waals surface area contributed by atoms with Crippen molar-refractivity contribution in [1.29, 1.82) is 0 Å². The van der Waals surface area contributed by atoms with E-state index in [1.807, 2.05) is 33.8 Å². The SMILES string of the molecule is C/C(=C\CCC=O)COC(=O)C(C)(C)C. The first-order chi connectivity index (χ1) is 6.88. The molecule has 0 N–H and O–H groups in total. The van der Waals surface area contributed by atoms with Crippen LogP contribution in [0.15, 0.2) is 11.6 Å². The van der Waals surface area contributed by atoms with Crippen LogP contribution < -0.4 is 0 Å². The summed E-state index contributed by atoms with van der Waals surface area (Å²) in [5.74, 6) is -0.203. The van der Waals surface area contributed by atoms with E-state index in [0.717, 1.165) is 11.9 Å². The van der Waals surface area contributed by atoms with E-state index in [1.165, 1.54) is 0 Å². The molecule has 86 valence electrons. The van der Waals surface area contributed by atoms with Gasteiger partial charge in [-0.2, -0.15) is 0 Å². The van der Waals surface area contributed by atoms with Crippen molar-refractivity contribution in [3.8, 4) is 0 Å². The number of hydrogen-bond acceptors (Lipinski definition) is 3. The molecule has 3 heteroatoms. The Labute approximate surface area is 91.5 Å². The van der Waals surface area contributed by atoms with Gasteiger partial charge in [-0.3, -0.25) is 4.79 Å². The topological polar surface area (TPSA) is 43.4 Å². The van der Waals surface area contributed by atoms with Crippen molar-refractivity contribution < 1.29 is 14.3 Å². The van der Waals surface area contributed by atoms with Crippen LogP contribution in [0.25, 0.3) is 0 Å². The molecule has 0 aliphatic carbocycles. The van der Waals surface area contributed by atoms with Crippen molar-refractivity contribution in [2.75, 3.05) is 6.61 Å². The molecule has 0 aliphatic heterocycles. The average Bonchev–Trinajstić information content (AvgIpc) is 2.13. The molecule has 0 saturated heterocycles.